The van der Waals surface area contributed by atoms with Gasteiger partial charge in [-0.15, -0.1) is 0 Å². The van der Waals surface area contributed by atoms with Crippen LogP contribution in [0.25, 0.3) is 0 Å². The molecule has 256 valence electrons. The maximum absolute atomic E-state index is 14.1. The molecule has 4 amide bonds. The normalized spacial score (nSPS) is 20.1. The smallest absolute Gasteiger partial charge is 0.261 e. The van der Waals surface area contributed by atoms with Crippen molar-refractivity contribution >= 4 is 23.6 Å². The van der Waals surface area contributed by atoms with Crippen molar-refractivity contribution in [2.75, 3.05) is 33.2 Å². The second kappa shape index (κ2) is 15.8. The Morgan fingerprint density at radius 2 is 1.62 bits per heavy atom. The molecule has 2 aliphatic rings. The Balaban J connectivity index is 1.46. The van der Waals surface area contributed by atoms with Gasteiger partial charge in [0.25, 0.3) is 11.8 Å². The molecule has 10 nitrogen and oxygen atoms in total. The van der Waals surface area contributed by atoms with Crippen LogP contribution in [0.15, 0.2) is 54.6 Å². The molecule has 2 fully saturated rings. The number of piperazine rings is 1. The first kappa shape index (κ1) is 35.9. The second-order valence-corrected chi connectivity index (χ2v) is 14.4. The molecule has 0 radical (unpaired) electrons. The Kier molecular flexibility index (Phi) is 12.1. The summed E-state index contributed by atoms with van der Waals surface area (Å²) in [6, 6.07) is 15.9. The number of rotatable bonds is 11. The van der Waals surface area contributed by atoms with E-state index in [2.05, 4.69) is 34.7 Å². The summed E-state index contributed by atoms with van der Waals surface area (Å²) in [5.41, 5.74) is 1.04. The molecule has 0 unspecified atom stereocenters. The highest BCUT2D eigenvalue weighted by molar-refractivity contribution is 6.00. The van der Waals surface area contributed by atoms with Gasteiger partial charge in [-0.1, -0.05) is 56.3 Å². The molecule has 2 N–H and O–H groups in total. The SMILES string of the molecule is CC(C)C[C@@H](NC(=O)c1ccccc1O[C@H](C)C(=O)NC(C)(C)C)C(=O)N1CCC[C@@H]1C(=O)N1CCN(C)[C@@H](Cc2ccccc2)C1. The van der Waals surface area contributed by atoms with Gasteiger partial charge in [0.05, 0.1) is 5.56 Å². The molecule has 0 aromatic heterocycles. The van der Waals surface area contributed by atoms with Crippen LogP contribution >= 0.6 is 0 Å². The number of hydrogen-bond donors (Lipinski definition) is 2. The number of benzene rings is 2. The van der Waals surface area contributed by atoms with E-state index >= 15 is 0 Å². The lowest BCUT2D eigenvalue weighted by molar-refractivity contribution is -0.146. The fourth-order valence-electron chi connectivity index (χ4n) is 6.35. The molecule has 0 bridgehead atoms. The van der Waals surface area contributed by atoms with E-state index in [1.54, 1.807) is 36.1 Å². The lowest BCUT2D eigenvalue weighted by Crippen LogP contribution is -2.59. The Morgan fingerprint density at radius 1 is 0.936 bits per heavy atom. The van der Waals surface area contributed by atoms with Crippen LogP contribution in [0.5, 0.6) is 5.75 Å². The molecule has 0 aliphatic carbocycles. The minimum absolute atomic E-state index is 0.0158. The molecule has 10 heteroatoms. The highest BCUT2D eigenvalue weighted by Crippen LogP contribution is 2.25. The fourth-order valence-corrected chi connectivity index (χ4v) is 6.35. The van der Waals surface area contributed by atoms with E-state index < -0.39 is 29.6 Å². The topological polar surface area (TPSA) is 111 Å². The summed E-state index contributed by atoms with van der Waals surface area (Å²) in [5, 5.41) is 5.85. The number of nitrogens with zero attached hydrogens (tertiary/aromatic N) is 3. The minimum Gasteiger partial charge on any atom is -0.480 e. The van der Waals surface area contributed by atoms with Gasteiger partial charge in [-0.05, 0) is 84.0 Å². The van der Waals surface area contributed by atoms with Crippen molar-refractivity contribution in [3.63, 3.8) is 0 Å². The van der Waals surface area contributed by atoms with Crippen molar-refractivity contribution < 1.29 is 23.9 Å². The first-order valence-electron chi connectivity index (χ1n) is 17.0. The first-order chi connectivity index (χ1) is 22.2. The van der Waals surface area contributed by atoms with Gasteiger partial charge in [0.1, 0.15) is 17.8 Å². The van der Waals surface area contributed by atoms with E-state index in [0.717, 1.165) is 19.4 Å². The molecule has 2 heterocycles. The Labute approximate surface area is 280 Å². The molecule has 2 aromatic carbocycles. The van der Waals surface area contributed by atoms with Crippen molar-refractivity contribution in [2.45, 2.75) is 97.0 Å². The fraction of sp³-hybridized carbons (Fsp3) is 0.568. The molecule has 4 rings (SSSR count). The van der Waals surface area contributed by atoms with Gasteiger partial charge in [0, 0.05) is 37.8 Å². The molecule has 47 heavy (non-hydrogen) atoms. The summed E-state index contributed by atoms with van der Waals surface area (Å²) in [6.07, 6.45) is 1.77. The van der Waals surface area contributed by atoms with Crippen molar-refractivity contribution in [3.8, 4) is 5.75 Å². The van der Waals surface area contributed by atoms with Crippen LogP contribution in [0.4, 0.5) is 0 Å². The number of para-hydroxylation sites is 1. The molecule has 2 saturated heterocycles. The highest BCUT2D eigenvalue weighted by Gasteiger charge is 2.41. The van der Waals surface area contributed by atoms with E-state index in [0.29, 0.717) is 32.5 Å². The van der Waals surface area contributed by atoms with Gasteiger partial charge >= 0.3 is 0 Å². The van der Waals surface area contributed by atoms with Gasteiger partial charge in [-0.3, -0.25) is 24.1 Å². The molecular weight excluding hydrogens is 594 g/mol. The van der Waals surface area contributed by atoms with E-state index in [4.69, 9.17) is 4.74 Å². The average Bonchev–Trinajstić information content (AvgIpc) is 3.51. The number of ether oxygens (including phenoxy) is 1. The van der Waals surface area contributed by atoms with Crippen molar-refractivity contribution in [1.82, 2.24) is 25.3 Å². The largest absolute Gasteiger partial charge is 0.480 e. The van der Waals surface area contributed by atoms with Crippen LogP contribution in [0.3, 0.4) is 0 Å². The Hall–Kier alpha value is -3.92. The third-order valence-corrected chi connectivity index (χ3v) is 8.84. The summed E-state index contributed by atoms with van der Waals surface area (Å²) in [4.78, 5) is 60.4. The van der Waals surface area contributed by atoms with Gasteiger partial charge in [0.2, 0.25) is 11.8 Å². The Morgan fingerprint density at radius 3 is 2.30 bits per heavy atom. The number of likely N-dealkylation sites (N-methyl/N-ethyl adjacent to an activating group) is 1. The van der Waals surface area contributed by atoms with Crippen LogP contribution < -0.4 is 15.4 Å². The van der Waals surface area contributed by atoms with Crippen molar-refractivity contribution in [2.24, 2.45) is 5.92 Å². The van der Waals surface area contributed by atoms with E-state index in [-0.39, 0.29) is 41.0 Å². The predicted molar refractivity (Wildman–Crippen MR) is 183 cm³/mol. The summed E-state index contributed by atoms with van der Waals surface area (Å²) < 4.78 is 5.94. The number of amides is 4. The van der Waals surface area contributed by atoms with E-state index in [1.165, 1.54) is 5.56 Å². The minimum atomic E-state index is -0.838. The predicted octanol–water partition coefficient (Wildman–Crippen LogP) is 3.89. The maximum atomic E-state index is 14.1. The van der Waals surface area contributed by atoms with E-state index in [9.17, 15) is 19.2 Å². The Bertz CT molecular complexity index is 1390. The zero-order valence-corrected chi connectivity index (χ0v) is 29.1. The van der Waals surface area contributed by atoms with Crippen LogP contribution in [0.2, 0.25) is 0 Å². The monoisotopic (exact) mass is 647 g/mol. The first-order valence-corrected chi connectivity index (χ1v) is 17.0. The quantitative estimate of drug-likeness (QED) is 0.383. The lowest BCUT2D eigenvalue weighted by atomic mass is 10.0. The van der Waals surface area contributed by atoms with E-state index in [1.807, 2.05) is 57.7 Å². The number of carbonyl (C=O) groups excluding carboxylic acids is 4. The van der Waals surface area contributed by atoms with Crippen molar-refractivity contribution in [3.05, 3.63) is 65.7 Å². The maximum Gasteiger partial charge on any atom is 0.261 e. The number of nitrogens with one attached hydrogen (secondary N) is 2. The molecule has 2 aliphatic heterocycles. The summed E-state index contributed by atoms with van der Waals surface area (Å²) >= 11 is 0. The second-order valence-electron chi connectivity index (χ2n) is 14.4. The van der Waals surface area contributed by atoms with Crippen LogP contribution in [-0.2, 0) is 20.8 Å². The molecule has 2 aromatic rings. The average molecular weight is 648 g/mol. The molecular formula is C37H53N5O5. The third-order valence-electron chi connectivity index (χ3n) is 8.84. The number of hydrogen-bond acceptors (Lipinski definition) is 6. The van der Waals surface area contributed by atoms with Crippen molar-refractivity contribution in [1.29, 1.82) is 0 Å². The zero-order chi connectivity index (χ0) is 34.3. The van der Waals surface area contributed by atoms with Gasteiger partial charge in [-0.2, -0.15) is 0 Å². The summed E-state index contributed by atoms with van der Waals surface area (Å²) in [5.74, 6) is -0.645. The van der Waals surface area contributed by atoms with Crippen LogP contribution in [0.1, 0.15) is 76.7 Å². The third kappa shape index (κ3) is 9.79. The summed E-state index contributed by atoms with van der Waals surface area (Å²) in [6.45, 7) is 13.8. The molecule has 0 saturated carbocycles. The van der Waals surface area contributed by atoms with Gasteiger partial charge in [-0.25, -0.2) is 0 Å². The highest BCUT2D eigenvalue weighted by atomic mass is 16.5. The molecule has 4 atom stereocenters. The molecule has 0 spiro atoms. The number of likely N-dealkylation sites (tertiary alicyclic amines) is 1. The van der Waals surface area contributed by atoms with Gasteiger partial charge in [0.15, 0.2) is 6.10 Å². The lowest BCUT2D eigenvalue weighted by Gasteiger charge is -2.41. The number of carbonyl (C=O) groups is 4. The zero-order valence-electron chi connectivity index (χ0n) is 29.1. The van der Waals surface area contributed by atoms with Gasteiger partial charge < -0.3 is 25.2 Å². The van der Waals surface area contributed by atoms with Crippen LogP contribution in [-0.4, -0.2) is 101 Å². The summed E-state index contributed by atoms with van der Waals surface area (Å²) in [7, 11) is 2.10. The van der Waals surface area contributed by atoms with Crippen LogP contribution in [0, 0.1) is 5.92 Å². The standard InChI is InChI=1S/C37H53N5O5/c1-25(2)22-30(38-34(44)29-16-11-12-18-32(29)47-26(3)33(43)39-37(4,5)6)35(45)42-19-13-17-31(42)36(46)41-21-20-40(7)28(24-41)23-27-14-9-8-10-15-27/h8-12,14-16,18,25-26,28,30-31H,13,17,19-24H2,1-7H3,(H,38,44)(H,39,43)/t26-,28+,30-,31-/m1/s1.